The minimum Gasteiger partial charge on any atom is -0.317 e. The third-order valence-corrected chi connectivity index (χ3v) is 4.85. The largest absolute Gasteiger partial charge is 0.317 e. The number of hydrogen-bond donors (Lipinski definition) is 1. The molecule has 2 rings (SSSR count). The van der Waals surface area contributed by atoms with E-state index in [1.165, 1.54) is 18.9 Å². The molecule has 1 aliphatic heterocycles. The van der Waals surface area contributed by atoms with Crippen LogP contribution in [0.1, 0.15) is 25.3 Å². The zero-order valence-corrected chi connectivity index (χ0v) is 13.9. The lowest BCUT2D eigenvalue weighted by Gasteiger charge is -2.33. The van der Waals surface area contributed by atoms with Crippen LogP contribution in [0.2, 0.25) is 0 Å². The van der Waals surface area contributed by atoms with Crippen molar-refractivity contribution in [1.82, 2.24) is 10.2 Å². The van der Waals surface area contributed by atoms with Crippen molar-refractivity contribution in [2.75, 3.05) is 26.2 Å². The minimum atomic E-state index is -0.336. The van der Waals surface area contributed by atoms with Gasteiger partial charge in [-0.3, -0.25) is 15.0 Å². The van der Waals surface area contributed by atoms with Crippen LogP contribution in [0.4, 0.5) is 5.69 Å². The van der Waals surface area contributed by atoms with Gasteiger partial charge in [0.15, 0.2) is 0 Å². The Morgan fingerprint density at radius 2 is 2.33 bits per heavy atom. The van der Waals surface area contributed by atoms with Gasteiger partial charge in [0.25, 0.3) is 5.69 Å². The first kappa shape index (κ1) is 16.4. The summed E-state index contributed by atoms with van der Waals surface area (Å²) in [5.74, 6) is 0.677. The number of benzene rings is 1. The van der Waals surface area contributed by atoms with Crippen LogP contribution in [0.25, 0.3) is 0 Å². The lowest BCUT2D eigenvalue weighted by atomic mass is 9.97. The summed E-state index contributed by atoms with van der Waals surface area (Å²) < 4.78 is 0.615. The minimum absolute atomic E-state index is 0.147. The molecule has 6 heteroatoms. The van der Waals surface area contributed by atoms with Gasteiger partial charge in [-0.1, -0.05) is 19.1 Å². The smallest absolute Gasteiger partial charge is 0.283 e. The van der Waals surface area contributed by atoms with Crippen molar-refractivity contribution in [1.29, 1.82) is 0 Å². The summed E-state index contributed by atoms with van der Waals surface area (Å²) in [6, 6.07) is 5.26. The Hall–Kier alpha value is -0.980. The van der Waals surface area contributed by atoms with Crippen LogP contribution in [0.3, 0.4) is 0 Å². The van der Waals surface area contributed by atoms with Crippen molar-refractivity contribution >= 4 is 21.6 Å². The number of nitrogens with zero attached hydrogens (tertiary/aromatic N) is 2. The molecule has 1 aliphatic rings. The number of nitrogens with one attached hydrogen (secondary N) is 1. The molecule has 1 aromatic carbocycles. The number of nitro groups is 1. The summed E-state index contributed by atoms with van der Waals surface area (Å²) >= 11 is 3.39. The zero-order chi connectivity index (χ0) is 15.2. The zero-order valence-electron chi connectivity index (χ0n) is 12.3. The molecule has 0 amide bonds. The standard InChI is InChI=1S/C15H22BrN3O2/c1-2-17-9-12-5-4-8-18(10-12)11-13-6-3-7-14(15(13)16)19(20)21/h3,6-7,12,17H,2,4-5,8-11H2,1H3. The monoisotopic (exact) mass is 355 g/mol. The first-order valence-corrected chi connectivity index (χ1v) is 8.26. The molecule has 0 saturated carbocycles. The van der Waals surface area contributed by atoms with Gasteiger partial charge in [-0.25, -0.2) is 0 Å². The summed E-state index contributed by atoms with van der Waals surface area (Å²) in [5.41, 5.74) is 1.14. The van der Waals surface area contributed by atoms with E-state index in [-0.39, 0.29) is 10.6 Å². The maximum atomic E-state index is 11.0. The van der Waals surface area contributed by atoms with E-state index in [4.69, 9.17) is 0 Å². The molecule has 1 heterocycles. The third-order valence-electron chi connectivity index (χ3n) is 3.94. The topological polar surface area (TPSA) is 58.4 Å². The number of piperidine rings is 1. The van der Waals surface area contributed by atoms with Gasteiger partial charge in [-0.15, -0.1) is 0 Å². The number of rotatable bonds is 6. The van der Waals surface area contributed by atoms with Gasteiger partial charge in [-0.2, -0.15) is 0 Å². The van der Waals surface area contributed by atoms with Gasteiger partial charge in [-0.05, 0) is 59.9 Å². The molecule has 0 aromatic heterocycles. The highest BCUT2D eigenvalue weighted by atomic mass is 79.9. The quantitative estimate of drug-likeness (QED) is 0.628. The molecule has 1 aromatic rings. The van der Waals surface area contributed by atoms with Crippen molar-refractivity contribution in [2.45, 2.75) is 26.3 Å². The fraction of sp³-hybridized carbons (Fsp3) is 0.600. The van der Waals surface area contributed by atoms with E-state index < -0.39 is 0 Å². The van der Waals surface area contributed by atoms with Crippen LogP contribution in [-0.2, 0) is 6.54 Å². The Labute approximate surface area is 134 Å². The first-order chi connectivity index (χ1) is 10.1. The maximum absolute atomic E-state index is 11.0. The average molecular weight is 356 g/mol. The van der Waals surface area contributed by atoms with Crippen molar-refractivity contribution in [2.24, 2.45) is 5.92 Å². The molecule has 1 saturated heterocycles. The van der Waals surface area contributed by atoms with E-state index in [1.807, 2.05) is 6.07 Å². The van der Waals surface area contributed by atoms with E-state index in [9.17, 15) is 10.1 Å². The van der Waals surface area contributed by atoms with Crippen LogP contribution >= 0.6 is 15.9 Å². The van der Waals surface area contributed by atoms with Crippen LogP contribution in [-0.4, -0.2) is 36.0 Å². The van der Waals surface area contributed by atoms with Gasteiger partial charge in [0.2, 0.25) is 0 Å². The van der Waals surface area contributed by atoms with Gasteiger partial charge in [0.1, 0.15) is 0 Å². The molecule has 0 bridgehead atoms. The average Bonchev–Trinajstić information content (AvgIpc) is 2.47. The molecule has 1 unspecified atom stereocenters. The SMILES string of the molecule is CCNCC1CCCN(Cc2cccc([N+](=O)[O-])c2Br)C1. The molecule has 116 valence electrons. The van der Waals surface area contributed by atoms with Crippen LogP contribution in [0.15, 0.2) is 22.7 Å². The second kappa shape index (κ2) is 7.87. The number of likely N-dealkylation sites (tertiary alicyclic amines) is 1. The summed E-state index contributed by atoms with van der Waals surface area (Å²) in [6.45, 7) is 7.08. The van der Waals surface area contributed by atoms with Gasteiger partial charge < -0.3 is 5.32 Å². The van der Waals surface area contributed by atoms with E-state index >= 15 is 0 Å². The van der Waals surface area contributed by atoms with E-state index in [2.05, 4.69) is 33.1 Å². The van der Waals surface area contributed by atoms with Gasteiger partial charge in [0.05, 0.1) is 9.40 Å². The maximum Gasteiger partial charge on any atom is 0.283 e. The summed E-state index contributed by atoms with van der Waals surface area (Å²) in [5, 5.41) is 14.4. The second-order valence-electron chi connectivity index (χ2n) is 5.56. The summed E-state index contributed by atoms with van der Waals surface area (Å²) in [6.07, 6.45) is 2.46. The molecule has 1 atom stereocenters. The summed E-state index contributed by atoms with van der Waals surface area (Å²) in [7, 11) is 0. The third kappa shape index (κ3) is 4.49. The Bertz CT molecular complexity index is 496. The fourth-order valence-corrected chi connectivity index (χ4v) is 3.41. The number of hydrogen-bond acceptors (Lipinski definition) is 4. The normalized spacial score (nSPS) is 19.6. The Morgan fingerprint density at radius 3 is 3.05 bits per heavy atom. The van der Waals surface area contributed by atoms with E-state index in [0.717, 1.165) is 38.3 Å². The first-order valence-electron chi connectivity index (χ1n) is 7.46. The number of halogens is 1. The van der Waals surface area contributed by atoms with Crippen molar-refractivity contribution in [3.8, 4) is 0 Å². The number of nitro benzene ring substituents is 1. The molecule has 21 heavy (non-hydrogen) atoms. The van der Waals surface area contributed by atoms with Crippen LogP contribution < -0.4 is 5.32 Å². The predicted octanol–water partition coefficient (Wildman–Crippen LogP) is 3.18. The van der Waals surface area contributed by atoms with Crippen molar-refractivity contribution in [3.63, 3.8) is 0 Å². The molecule has 1 fully saturated rings. The highest BCUT2D eigenvalue weighted by Gasteiger charge is 2.22. The fourth-order valence-electron chi connectivity index (χ4n) is 2.88. The molecule has 0 radical (unpaired) electrons. The Balaban J connectivity index is 2.01. The second-order valence-corrected chi connectivity index (χ2v) is 6.35. The predicted molar refractivity (Wildman–Crippen MR) is 87.3 cm³/mol. The molecular formula is C15H22BrN3O2. The Kier molecular flexibility index (Phi) is 6.14. The van der Waals surface area contributed by atoms with Crippen LogP contribution in [0, 0.1) is 16.0 Å². The molecule has 0 aliphatic carbocycles. The highest BCUT2D eigenvalue weighted by Crippen LogP contribution is 2.30. The van der Waals surface area contributed by atoms with Gasteiger partial charge >= 0.3 is 0 Å². The lowest BCUT2D eigenvalue weighted by molar-refractivity contribution is -0.385. The molecule has 1 N–H and O–H groups in total. The van der Waals surface area contributed by atoms with Crippen molar-refractivity contribution in [3.05, 3.63) is 38.3 Å². The van der Waals surface area contributed by atoms with E-state index in [1.54, 1.807) is 6.07 Å². The molecule has 5 nitrogen and oxygen atoms in total. The molecular weight excluding hydrogens is 334 g/mol. The van der Waals surface area contributed by atoms with Crippen LogP contribution in [0.5, 0.6) is 0 Å². The van der Waals surface area contributed by atoms with E-state index in [0.29, 0.717) is 10.4 Å². The van der Waals surface area contributed by atoms with Gasteiger partial charge in [0, 0.05) is 19.2 Å². The lowest BCUT2D eigenvalue weighted by Crippen LogP contribution is -2.39. The molecule has 0 spiro atoms. The Morgan fingerprint density at radius 1 is 1.52 bits per heavy atom. The highest BCUT2D eigenvalue weighted by molar-refractivity contribution is 9.10. The summed E-state index contributed by atoms with van der Waals surface area (Å²) in [4.78, 5) is 13.1. The van der Waals surface area contributed by atoms with Crippen molar-refractivity contribution < 1.29 is 4.92 Å².